The van der Waals surface area contributed by atoms with E-state index in [1.807, 2.05) is 32.6 Å². The fourth-order valence-electron chi connectivity index (χ4n) is 2.13. The van der Waals surface area contributed by atoms with Crippen LogP contribution in [0, 0.1) is 0 Å². The number of carbonyl (C=O) groups excluding carboxylic acids is 2. The predicted molar refractivity (Wildman–Crippen MR) is 75.5 cm³/mol. The van der Waals surface area contributed by atoms with Gasteiger partial charge in [0.15, 0.2) is 0 Å². The summed E-state index contributed by atoms with van der Waals surface area (Å²) in [4.78, 5) is 25.1. The van der Waals surface area contributed by atoms with Gasteiger partial charge in [0.2, 0.25) is 0 Å². The van der Waals surface area contributed by atoms with Crippen LogP contribution in [0.15, 0.2) is 0 Å². The lowest BCUT2D eigenvalue weighted by Crippen LogP contribution is -2.54. The lowest BCUT2D eigenvalue weighted by molar-refractivity contribution is -0.142. The van der Waals surface area contributed by atoms with Gasteiger partial charge in [-0.3, -0.25) is 9.69 Å². The van der Waals surface area contributed by atoms with E-state index >= 15 is 0 Å². The smallest absolute Gasteiger partial charge is 0.408 e. The molecule has 0 aliphatic carbocycles. The quantitative estimate of drug-likeness (QED) is 0.797. The molecule has 6 heteroatoms. The molecule has 0 aromatic carbocycles. The van der Waals surface area contributed by atoms with Crippen LogP contribution in [-0.4, -0.2) is 54.8 Å². The first-order valence-electron chi connectivity index (χ1n) is 6.94. The number of amides is 1. The van der Waals surface area contributed by atoms with Gasteiger partial charge < -0.3 is 14.8 Å². The van der Waals surface area contributed by atoms with E-state index in [1.54, 1.807) is 0 Å². The molecule has 1 fully saturated rings. The van der Waals surface area contributed by atoms with Crippen LogP contribution in [0.25, 0.3) is 0 Å². The Bertz CT molecular complexity index is 355. The summed E-state index contributed by atoms with van der Waals surface area (Å²) in [5.74, 6) is -0.228. The lowest BCUT2D eigenvalue weighted by atomic mass is 9.90. The molecule has 6 nitrogen and oxygen atoms in total. The maximum atomic E-state index is 11.8. The standard InChI is InChI=1S/C14H26N2O4/c1-13(2,3)20-12(18)15-14(4)6-8-16(9-7-14)10-11(17)19-5/h6-10H2,1-5H3,(H,15,18). The fraction of sp³-hybridized carbons (Fsp3) is 0.857. The van der Waals surface area contributed by atoms with Crippen molar-refractivity contribution in [2.24, 2.45) is 0 Å². The van der Waals surface area contributed by atoms with Crippen LogP contribution in [-0.2, 0) is 14.3 Å². The largest absolute Gasteiger partial charge is 0.468 e. The van der Waals surface area contributed by atoms with Crippen molar-refractivity contribution in [2.45, 2.75) is 51.7 Å². The number of methoxy groups -OCH3 is 1. The van der Waals surface area contributed by atoms with E-state index < -0.39 is 5.60 Å². The van der Waals surface area contributed by atoms with Gasteiger partial charge in [0.1, 0.15) is 5.60 Å². The van der Waals surface area contributed by atoms with Gasteiger partial charge in [-0.05, 0) is 40.5 Å². The molecule has 1 amide bonds. The first-order valence-corrected chi connectivity index (χ1v) is 6.94. The highest BCUT2D eigenvalue weighted by atomic mass is 16.6. The Labute approximate surface area is 120 Å². The molecular weight excluding hydrogens is 260 g/mol. The molecule has 0 unspecified atom stereocenters. The van der Waals surface area contributed by atoms with Gasteiger partial charge in [-0.15, -0.1) is 0 Å². The highest BCUT2D eigenvalue weighted by Gasteiger charge is 2.33. The molecule has 1 aliphatic heterocycles. The highest BCUT2D eigenvalue weighted by molar-refractivity contribution is 5.71. The molecule has 0 radical (unpaired) electrons. The molecule has 116 valence electrons. The molecule has 0 aromatic rings. The summed E-state index contributed by atoms with van der Waals surface area (Å²) in [5, 5.41) is 2.94. The monoisotopic (exact) mass is 286 g/mol. The molecule has 1 rings (SSSR count). The maximum Gasteiger partial charge on any atom is 0.408 e. The van der Waals surface area contributed by atoms with E-state index in [2.05, 4.69) is 10.1 Å². The SMILES string of the molecule is COC(=O)CN1CCC(C)(NC(=O)OC(C)(C)C)CC1. The summed E-state index contributed by atoms with van der Waals surface area (Å²) in [6.07, 6.45) is 1.17. The van der Waals surface area contributed by atoms with Gasteiger partial charge >= 0.3 is 12.1 Å². The topological polar surface area (TPSA) is 67.9 Å². The molecule has 0 atom stereocenters. The van der Waals surface area contributed by atoms with Crippen LogP contribution in [0.3, 0.4) is 0 Å². The second-order valence-electron chi connectivity index (χ2n) is 6.54. The summed E-state index contributed by atoms with van der Waals surface area (Å²) in [7, 11) is 1.39. The second-order valence-corrected chi connectivity index (χ2v) is 6.54. The third kappa shape index (κ3) is 5.77. The summed E-state index contributed by atoms with van der Waals surface area (Å²) in [6, 6.07) is 0. The van der Waals surface area contributed by atoms with Gasteiger partial charge in [0, 0.05) is 18.6 Å². The molecule has 0 spiro atoms. The zero-order valence-electron chi connectivity index (χ0n) is 13.1. The summed E-state index contributed by atoms with van der Waals surface area (Å²) in [5.41, 5.74) is -0.777. The number of likely N-dealkylation sites (tertiary alicyclic amines) is 1. The van der Waals surface area contributed by atoms with Gasteiger partial charge in [-0.1, -0.05) is 0 Å². The number of hydrogen-bond donors (Lipinski definition) is 1. The van der Waals surface area contributed by atoms with Gasteiger partial charge in [-0.2, -0.15) is 0 Å². The van der Waals surface area contributed by atoms with Gasteiger partial charge in [0.25, 0.3) is 0 Å². The van der Waals surface area contributed by atoms with Crippen molar-refractivity contribution in [1.29, 1.82) is 0 Å². The van der Waals surface area contributed by atoms with Crippen molar-refractivity contribution in [3.8, 4) is 0 Å². The van der Waals surface area contributed by atoms with Crippen LogP contribution in [0.2, 0.25) is 0 Å². The average molecular weight is 286 g/mol. The van der Waals surface area contributed by atoms with Crippen LogP contribution in [0.4, 0.5) is 4.79 Å². The highest BCUT2D eigenvalue weighted by Crippen LogP contribution is 2.22. The minimum Gasteiger partial charge on any atom is -0.468 e. The normalized spacial score (nSPS) is 19.2. The maximum absolute atomic E-state index is 11.8. The number of nitrogens with one attached hydrogen (secondary N) is 1. The third-order valence-electron chi connectivity index (χ3n) is 3.34. The van der Waals surface area contributed by atoms with Crippen molar-refractivity contribution in [2.75, 3.05) is 26.7 Å². The Morgan fingerprint density at radius 2 is 1.80 bits per heavy atom. The zero-order chi connectivity index (χ0) is 15.4. The summed E-state index contributed by atoms with van der Waals surface area (Å²) >= 11 is 0. The Morgan fingerprint density at radius 3 is 2.25 bits per heavy atom. The van der Waals surface area contributed by atoms with E-state index in [4.69, 9.17) is 4.74 Å². The Kier molecular flexibility index (Phi) is 5.39. The molecule has 0 aromatic heterocycles. The molecule has 0 saturated carbocycles. The minimum atomic E-state index is -0.494. The molecular formula is C14H26N2O4. The minimum absolute atomic E-state index is 0.228. The lowest BCUT2D eigenvalue weighted by Gasteiger charge is -2.39. The van der Waals surface area contributed by atoms with Crippen LogP contribution in [0.5, 0.6) is 0 Å². The van der Waals surface area contributed by atoms with E-state index in [1.165, 1.54) is 7.11 Å². The van der Waals surface area contributed by atoms with Crippen molar-refractivity contribution in [3.63, 3.8) is 0 Å². The van der Waals surface area contributed by atoms with Crippen molar-refractivity contribution in [1.82, 2.24) is 10.2 Å². The third-order valence-corrected chi connectivity index (χ3v) is 3.34. The van der Waals surface area contributed by atoms with Crippen molar-refractivity contribution < 1.29 is 19.1 Å². The first kappa shape index (κ1) is 16.8. The Balaban J connectivity index is 2.42. The fourth-order valence-corrected chi connectivity index (χ4v) is 2.13. The number of ether oxygens (including phenoxy) is 2. The molecule has 1 N–H and O–H groups in total. The van der Waals surface area contributed by atoms with Crippen molar-refractivity contribution >= 4 is 12.1 Å². The van der Waals surface area contributed by atoms with Gasteiger partial charge in [-0.25, -0.2) is 4.79 Å². The van der Waals surface area contributed by atoms with Crippen LogP contribution >= 0.6 is 0 Å². The van der Waals surface area contributed by atoms with E-state index in [-0.39, 0.29) is 17.6 Å². The van der Waals surface area contributed by atoms with Crippen LogP contribution < -0.4 is 5.32 Å². The number of rotatable bonds is 3. The number of esters is 1. The molecule has 1 heterocycles. The molecule has 1 saturated heterocycles. The van der Waals surface area contributed by atoms with Crippen molar-refractivity contribution in [3.05, 3.63) is 0 Å². The summed E-state index contributed by atoms with van der Waals surface area (Å²) in [6.45, 7) is 9.34. The zero-order valence-corrected chi connectivity index (χ0v) is 13.1. The Morgan fingerprint density at radius 1 is 1.25 bits per heavy atom. The first-order chi connectivity index (χ1) is 9.13. The predicted octanol–water partition coefficient (Wildman–Crippen LogP) is 1.54. The molecule has 0 bridgehead atoms. The number of nitrogens with zero attached hydrogens (tertiary/aromatic N) is 1. The Hall–Kier alpha value is -1.30. The number of piperidine rings is 1. The van der Waals surface area contributed by atoms with E-state index in [9.17, 15) is 9.59 Å². The van der Waals surface area contributed by atoms with Crippen LogP contribution in [0.1, 0.15) is 40.5 Å². The molecule has 20 heavy (non-hydrogen) atoms. The van der Waals surface area contributed by atoms with E-state index in [0.717, 1.165) is 25.9 Å². The summed E-state index contributed by atoms with van der Waals surface area (Å²) < 4.78 is 9.93. The van der Waals surface area contributed by atoms with Gasteiger partial charge in [0.05, 0.1) is 13.7 Å². The second kappa shape index (κ2) is 6.43. The number of hydrogen-bond acceptors (Lipinski definition) is 5. The number of carbonyl (C=O) groups is 2. The van der Waals surface area contributed by atoms with E-state index in [0.29, 0.717) is 6.54 Å². The number of alkyl carbamates (subject to hydrolysis) is 1. The average Bonchev–Trinajstić information content (AvgIpc) is 2.29. The molecule has 1 aliphatic rings.